The lowest BCUT2D eigenvalue weighted by molar-refractivity contribution is -0.144. The summed E-state index contributed by atoms with van der Waals surface area (Å²) in [4.78, 5) is 31.5. The minimum atomic E-state index is -0.428. The zero-order valence-electron chi connectivity index (χ0n) is 16.6. The summed E-state index contributed by atoms with van der Waals surface area (Å²) in [5.74, 6) is 0.863. The van der Waals surface area contributed by atoms with Crippen LogP contribution in [-0.2, 0) is 16.1 Å². The van der Waals surface area contributed by atoms with Gasteiger partial charge in [0.2, 0.25) is 0 Å². The highest BCUT2D eigenvalue weighted by molar-refractivity contribution is 7.19. The first kappa shape index (κ1) is 20.1. The fourth-order valence-corrected chi connectivity index (χ4v) is 4.19. The molecule has 2 aromatic heterocycles. The van der Waals surface area contributed by atoms with Crippen molar-refractivity contribution in [2.24, 2.45) is 0 Å². The summed E-state index contributed by atoms with van der Waals surface area (Å²) in [5, 5.41) is 0.542. The van der Waals surface area contributed by atoms with Gasteiger partial charge < -0.3 is 9.47 Å². The van der Waals surface area contributed by atoms with Crippen LogP contribution in [0.1, 0.15) is 31.0 Å². The van der Waals surface area contributed by atoms with Crippen molar-refractivity contribution in [2.45, 2.75) is 40.7 Å². The van der Waals surface area contributed by atoms with Gasteiger partial charge in [-0.05, 0) is 44.9 Å². The predicted molar refractivity (Wildman–Crippen MR) is 111 cm³/mol. The number of aryl methyl sites for hydroxylation is 2. The van der Waals surface area contributed by atoms with Crippen molar-refractivity contribution in [3.63, 3.8) is 0 Å². The first-order valence-corrected chi connectivity index (χ1v) is 10.2. The molecule has 0 saturated carbocycles. The Labute approximate surface area is 167 Å². The van der Waals surface area contributed by atoms with E-state index in [1.54, 1.807) is 6.92 Å². The molecule has 28 heavy (non-hydrogen) atoms. The minimum Gasteiger partial charge on any atom is -0.494 e. The molecule has 6 nitrogen and oxygen atoms in total. The van der Waals surface area contributed by atoms with Gasteiger partial charge in [-0.1, -0.05) is 19.1 Å². The van der Waals surface area contributed by atoms with Crippen LogP contribution < -0.4 is 10.3 Å². The van der Waals surface area contributed by atoms with Crippen molar-refractivity contribution in [3.05, 3.63) is 45.3 Å². The Bertz CT molecular complexity index is 1050. The maximum Gasteiger partial charge on any atom is 0.326 e. The number of aromatic nitrogens is 2. The van der Waals surface area contributed by atoms with E-state index in [1.165, 1.54) is 15.9 Å². The second-order valence-corrected chi connectivity index (χ2v) is 7.64. The zero-order chi connectivity index (χ0) is 20.3. The average Bonchev–Trinajstić information content (AvgIpc) is 3.00. The summed E-state index contributed by atoms with van der Waals surface area (Å²) in [6, 6.07) is 7.67. The van der Waals surface area contributed by atoms with Gasteiger partial charge in [0, 0.05) is 10.4 Å². The highest BCUT2D eigenvalue weighted by atomic mass is 32.1. The molecular weight excluding hydrogens is 376 g/mol. The fraction of sp³-hybridized carbons (Fsp3) is 0.381. The van der Waals surface area contributed by atoms with Gasteiger partial charge in [0.15, 0.2) is 0 Å². The molecule has 0 saturated heterocycles. The summed E-state index contributed by atoms with van der Waals surface area (Å²) in [6.45, 7) is 8.39. The van der Waals surface area contributed by atoms with Gasteiger partial charge in [0.1, 0.15) is 22.9 Å². The smallest absolute Gasteiger partial charge is 0.326 e. The van der Waals surface area contributed by atoms with Crippen LogP contribution >= 0.6 is 11.3 Å². The molecule has 0 aliphatic heterocycles. The number of carbonyl (C=O) groups is 1. The molecule has 0 atom stereocenters. The Morgan fingerprint density at radius 3 is 2.54 bits per heavy atom. The third-order valence-electron chi connectivity index (χ3n) is 4.39. The molecule has 3 aromatic rings. The second kappa shape index (κ2) is 8.56. The van der Waals surface area contributed by atoms with Crippen molar-refractivity contribution in [1.82, 2.24) is 9.55 Å². The van der Waals surface area contributed by atoms with E-state index in [2.05, 4.69) is 4.98 Å². The summed E-state index contributed by atoms with van der Waals surface area (Å²) in [6.07, 6.45) is 0.739. The van der Waals surface area contributed by atoms with Gasteiger partial charge in [-0.2, -0.15) is 0 Å². The fourth-order valence-electron chi connectivity index (χ4n) is 3.11. The lowest BCUT2D eigenvalue weighted by Gasteiger charge is -2.10. The number of esters is 1. The molecule has 0 aliphatic rings. The second-order valence-electron chi connectivity index (χ2n) is 6.44. The van der Waals surface area contributed by atoms with E-state index in [4.69, 9.17) is 9.47 Å². The van der Waals surface area contributed by atoms with Crippen LogP contribution in [0.2, 0.25) is 0 Å². The lowest BCUT2D eigenvalue weighted by Crippen LogP contribution is -2.28. The third-order valence-corrected chi connectivity index (χ3v) is 5.39. The van der Waals surface area contributed by atoms with Crippen LogP contribution in [-0.4, -0.2) is 28.7 Å². The molecule has 2 heterocycles. The van der Waals surface area contributed by atoms with E-state index in [9.17, 15) is 9.59 Å². The van der Waals surface area contributed by atoms with Gasteiger partial charge in [-0.15, -0.1) is 11.3 Å². The predicted octanol–water partition coefficient (Wildman–Crippen LogP) is 4.09. The summed E-state index contributed by atoms with van der Waals surface area (Å²) in [7, 11) is 0. The number of benzene rings is 1. The maximum atomic E-state index is 13.2. The van der Waals surface area contributed by atoms with Crippen molar-refractivity contribution in [1.29, 1.82) is 0 Å². The monoisotopic (exact) mass is 400 g/mol. The maximum absolute atomic E-state index is 13.2. The van der Waals surface area contributed by atoms with Gasteiger partial charge >= 0.3 is 5.97 Å². The lowest BCUT2D eigenvalue weighted by atomic mass is 10.0. The van der Waals surface area contributed by atoms with E-state index in [0.717, 1.165) is 28.2 Å². The van der Waals surface area contributed by atoms with Crippen LogP contribution in [0, 0.1) is 13.8 Å². The number of fused-ring (bicyclic) bond motifs is 1. The Hall–Kier alpha value is -2.67. The minimum absolute atomic E-state index is 0.134. The van der Waals surface area contributed by atoms with Crippen LogP contribution in [0.4, 0.5) is 0 Å². The molecule has 3 rings (SSSR count). The summed E-state index contributed by atoms with van der Waals surface area (Å²) >= 11 is 1.49. The van der Waals surface area contributed by atoms with Crippen LogP contribution in [0.3, 0.4) is 0 Å². The number of rotatable bonds is 7. The first-order chi connectivity index (χ1) is 13.5. The molecule has 0 amide bonds. The third kappa shape index (κ3) is 3.94. The molecule has 7 heteroatoms. The Morgan fingerprint density at radius 1 is 1.18 bits per heavy atom. The molecule has 0 spiro atoms. The van der Waals surface area contributed by atoms with Crippen LogP contribution in [0.15, 0.2) is 29.1 Å². The molecule has 0 radical (unpaired) electrons. The van der Waals surface area contributed by atoms with Crippen LogP contribution in [0.25, 0.3) is 21.3 Å². The Morgan fingerprint density at radius 2 is 1.89 bits per heavy atom. The van der Waals surface area contributed by atoms with Gasteiger partial charge in [-0.3, -0.25) is 14.2 Å². The first-order valence-electron chi connectivity index (χ1n) is 9.35. The van der Waals surface area contributed by atoms with Crippen LogP contribution in [0.5, 0.6) is 5.75 Å². The van der Waals surface area contributed by atoms with Gasteiger partial charge in [0.25, 0.3) is 5.56 Å². The normalized spacial score (nSPS) is 11.0. The quantitative estimate of drug-likeness (QED) is 0.559. The van der Waals surface area contributed by atoms with E-state index < -0.39 is 5.97 Å². The Kier molecular flexibility index (Phi) is 6.14. The van der Waals surface area contributed by atoms with Crippen molar-refractivity contribution in [2.75, 3.05) is 13.2 Å². The van der Waals surface area contributed by atoms with E-state index in [-0.39, 0.29) is 12.1 Å². The average molecular weight is 401 g/mol. The van der Waals surface area contributed by atoms with E-state index in [0.29, 0.717) is 29.3 Å². The highest BCUT2D eigenvalue weighted by Gasteiger charge is 2.20. The molecule has 0 fully saturated rings. The molecule has 1 aromatic carbocycles. The van der Waals surface area contributed by atoms with Gasteiger partial charge in [-0.25, -0.2) is 4.98 Å². The molecule has 0 aliphatic carbocycles. The van der Waals surface area contributed by atoms with Crippen molar-refractivity contribution >= 4 is 27.5 Å². The number of ether oxygens (including phenoxy) is 2. The molecule has 0 unspecified atom stereocenters. The largest absolute Gasteiger partial charge is 0.494 e. The summed E-state index contributed by atoms with van der Waals surface area (Å²) in [5.41, 5.74) is 1.57. The molecular formula is C21H24N2O4S. The van der Waals surface area contributed by atoms with Crippen molar-refractivity contribution < 1.29 is 14.3 Å². The van der Waals surface area contributed by atoms with E-state index in [1.807, 2.05) is 45.0 Å². The van der Waals surface area contributed by atoms with Gasteiger partial charge in [0.05, 0.1) is 18.6 Å². The molecule has 148 valence electrons. The SMILES string of the molecule is CCCOC(=O)Cn1c(C)nc2sc(C)c(-c3ccc(OCC)cc3)c2c1=O. The number of nitrogens with zero attached hydrogens (tertiary/aromatic N) is 2. The number of hydrogen-bond acceptors (Lipinski definition) is 6. The summed E-state index contributed by atoms with van der Waals surface area (Å²) < 4.78 is 12.0. The highest BCUT2D eigenvalue weighted by Crippen LogP contribution is 2.36. The number of thiophene rings is 1. The standard InChI is InChI=1S/C21H24N2O4S/c1-5-11-27-17(24)12-23-14(4)22-20-19(21(23)25)18(13(3)28-20)15-7-9-16(10-8-15)26-6-2/h7-10H,5-6,11-12H2,1-4H3. The number of hydrogen-bond donors (Lipinski definition) is 0. The number of carbonyl (C=O) groups excluding carboxylic acids is 1. The molecule has 0 bridgehead atoms. The topological polar surface area (TPSA) is 70.4 Å². The Balaban J connectivity index is 2.09. The van der Waals surface area contributed by atoms with Crippen molar-refractivity contribution in [3.8, 4) is 16.9 Å². The van der Waals surface area contributed by atoms with E-state index >= 15 is 0 Å². The zero-order valence-corrected chi connectivity index (χ0v) is 17.4. The molecule has 0 N–H and O–H groups in total.